The molecule has 1 atom stereocenters. The molecule has 186 valence electrons. The number of morpholine rings is 1. The highest BCUT2D eigenvalue weighted by atomic mass is 32.1. The van der Waals surface area contributed by atoms with Crippen LogP contribution in [0.1, 0.15) is 11.8 Å². The number of nitrogens with zero attached hydrogens (tertiary/aromatic N) is 6. The lowest BCUT2D eigenvalue weighted by molar-refractivity contribution is -0.141. The maximum Gasteiger partial charge on any atom is 0.251 e. The molecule has 2 saturated heterocycles. The largest absolute Gasteiger partial charge is 0.384 e. The Morgan fingerprint density at radius 1 is 1.17 bits per heavy atom. The second kappa shape index (κ2) is 10.4. The number of aliphatic hydroxyl groups excluding tert-OH is 1. The molecule has 1 unspecified atom stereocenters. The highest BCUT2D eigenvalue weighted by Crippen LogP contribution is 2.34. The van der Waals surface area contributed by atoms with E-state index < -0.39 is 6.10 Å². The van der Waals surface area contributed by atoms with Crippen molar-refractivity contribution in [3.63, 3.8) is 0 Å². The summed E-state index contributed by atoms with van der Waals surface area (Å²) in [7, 11) is 1.85. The molecule has 0 spiro atoms. The van der Waals surface area contributed by atoms with Crippen molar-refractivity contribution in [2.75, 3.05) is 69.7 Å². The molecule has 1 amide bonds. The molecule has 0 radical (unpaired) electrons. The minimum Gasteiger partial charge on any atom is -0.384 e. The molecule has 0 bridgehead atoms. The number of ether oxygens (including phenoxy) is 1. The molecule has 2 N–H and O–H groups in total. The zero-order valence-electron chi connectivity index (χ0n) is 20.1. The standard InChI is InChI=1S/C24H31N7O3S/c1-16(32)24(33)31-7-5-29(6-8-31)15-18-13-19-22(30-9-11-34-12-10-30)27-21(28-23(19)35-18)17-3-4-20(25-2)26-14-17/h3-4,13-14,16,32H,5-12,15H2,1-2H3,(H,25,26). The van der Waals surface area contributed by atoms with Gasteiger partial charge in [-0.05, 0) is 25.1 Å². The molecule has 2 fully saturated rings. The third-order valence-corrected chi connectivity index (χ3v) is 7.45. The maximum absolute atomic E-state index is 12.1. The van der Waals surface area contributed by atoms with Gasteiger partial charge in [-0.1, -0.05) is 0 Å². The molecule has 35 heavy (non-hydrogen) atoms. The van der Waals surface area contributed by atoms with Gasteiger partial charge in [-0.15, -0.1) is 11.3 Å². The molecule has 2 aliphatic heterocycles. The molecule has 11 heteroatoms. The van der Waals surface area contributed by atoms with E-state index in [2.05, 4.69) is 26.2 Å². The first-order chi connectivity index (χ1) is 17.0. The van der Waals surface area contributed by atoms with Crippen LogP contribution in [0.3, 0.4) is 0 Å². The van der Waals surface area contributed by atoms with Crippen LogP contribution >= 0.6 is 11.3 Å². The van der Waals surface area contributed by atoms with Gasteiger partial charge in [-0.25, -0.2) is 15.0 Å². The molecule has 5 heterocycles. The molecule has 0 aromatic carbocycles. The van der Waals surface area contributed by atoms with Gasteiger partial charge in [-0.2, -0.15) is 0 Å². The third-order valence-electron chi connectivity index (χ3n) is 6.43. The first-order valence-electron chi connectivity index (χ1n) is 12.0. The average molecular weight is 498 g/mol. The number of piperazine rings is 1. The lowest BCUT2D eigenvalue weighted by atomic mass is 10.2. The Morgan fingerprint density at radius 3 is 2.60 bits per heavy atom. The number of aliphatic hydroxyl groups is 1. The van der Waals surface area contributed by atoms with Gasteiger partial charge < -0.3 is 25.0 Å². The first kappa shape index (κ1) is 23.9. The Bertz CT molecular complexity index is 1170. The lowest BCUT2D eigenvalue weighted by Gasteiger charge is -2.35. The van der Waals surface area contributed by atoms with E-state index in [1.807, 2.05) is 19.2 Å². The van der Waals surface area contributed by atoms with E-state index in [4.69, 9.17) is 14.7 Å². The van der Waals surface area contributed by atoms with Crippen molar-refractivity contribution in [2.24, 2.45) is 0 Å². The predicted octanol–water partition coefficient (Wildman–Crippen LogP) is 1.66. The van der Waals surface area contributed by atoms with Gasteiger partial charge in [0.25, 0.3) is 5.91 Å². The fourth-order valence-corrected chi connectivity index (χ4v) is 5.53. The van der Waals surface area contributed by atoms with Gasteiger partial charge in [0.15, 0.2) is 5.82 Å². The number of anilines is 2. The lowest BCUT2D eigenvalue weighted by Crippen LogP contribution is -2.50. The zero-order chi connectivity index (χ0) is 24.4. The van der Waals surface area contributed by atoms with Crippen LogP contribution in [0.4, 0.5) is 11.6 Å². The molecule has 2 aliphatic rings. The number of carbonyl (C=O) groups excluding carboxylic acids is 1. The summed E-state index contributed by atoms with van der Waals surface area (Å²) < 4.78 is 5.57. The number of carbonyl (C=O) groups is 1. The fourth-order valence-electron chi connectivity index (χ4n) is 4.46. The fraction of sp³-hybridized carbons (Fsp3) is 0.500. The summed E-state index contributed by atoms with van der Waals surface area (Å²) in [4.78, 5) is 35.0. The number of pyridine rings is 1. The van der Waals surface area contributed by atoms with Gasteiger partial charge in [0.2, 0.25) is 0 Å². The van der Waals surface area contributed by atoms with Crippen molar-refractivity contribution >= 4 is 39.1 Å². The summed E-state index contributed by atoms with van der Waals surface area (Å²) in [5, 5.41) is 13.7. The summed E-state index contributed by atoms with van der Waals surface area (Å²) in [5.41, 5.74) is 0.884. The third kappa shape index (κ3) is 5.22. The zero-order valence-corrected chi connectivity index (χ0v) is 20.9. The number of fused-ring (bicyclic) bond motifs is 1. The number of thiophene rings is 1. The van der Waals surface area contributed by atoms with E-state index in [-0.39, 0.29) is 5.91 Å². The van der Waals surface area contributed by atoms with E-state index in [0.717, 1.165) is 60.1 Å². The summed E-state index contributed by atoms with van der Waals surface area (Å²) in [6.45, 7) is 8.12. The van der Waals surface area contributed by atoms with Crippen LogP contribution in [0.25, 0.3) is 21.6 Å². The van der Waals surface area contributed by atoms with Gasteiger partial charge in [0, 0.05) is 69.5 Å². The molecule has 0 saturated carbocycles. The van der Waals surface area contributed by atoms with Crippen LogP contribution in [0.15, 0.2) is 24.4 Å². The first-order valence-corrected chi connectivity index (χ1v) is 12.8. The molecular weight excluding hydrogens is 466 g/mol. The van der Waals surface area contributed by atoms with Crippen molar-refractivity contribution < 1.29 is 14.6 Å². The molecule has 5 rings (SSSR count). The van der Waals surface area contributed by atoms with Gasteiger partial charge >= 0.3 is 0 Å². The molecule has 0 aliphatic carbocycles. The van der Waals surface area contributed by atoms with Gasteiger partial charge in [-0.3, -0.25) is 9.69 Å². The van der Waals surface area contributed by atoms with Crippen LogP contribution in [-0.4, -0.2) is 101 Å². The van der Waals surface area contributed by atoms with Gasteiger partial charge in [0.1, 0.15) is 22.6 Å². The molecule has 3 aromatic rings. The van der Waals surface area contributed by atoms with E-state index in [1.54, 1.807) is 22.4 Å². The summed E-state index contributed by atoms with van der Waals surface area (Å²) in [6, 6.07) is 6.13. The molecule has 3 aromatic heterocycles. The van der Waals surface area contributed by atoms with Crippen molar-refractivity contribution in [3.05, 3.63) is 29.3 Å². The minimum atomic E-state index is -0.944. The number of hydrogen-bond donors (Lipinski definition) is 2. The number of hydrogen-bond acceptors (Lipinski definition) is 10. The van der Waals surface area contributed by atoms with Crippen LogP contribution in [0.2, 0.25) is 0 Å². The maximum atomic E-state index is 12.1. The van der Waals surface area contributed by atoms with Crippen molar-refractivity contribution in [3.8, 4) is 11.4 Å². The Morgan fingerprint density at radius 2 is 1.94 bits per heavy atom. The smallest absolute Gasteiger partial charge is 0.251 e. The van der Waals surface area contributed by atoms with Crippen molar-refractivity contribution in [1.82, 2.24) is 24.8 Å². The normalized spacial score (nSPS) is 18.1. The Balaban J connectivity index is 1.41. The van der Waals surface area contributed by atoms with E-state index in [0.29, 0.717) is 32.1 Å². The topological polar surface area (TPSA) is 107 Å². The van der Waals surface area contributed by atoms with Gasteiger partial charge in [0.05, 0.1) is 18.6 Å². The number of rotatable bonds is 6. The second-order valence-corrected chi connectivity index (χ2v) is 9.98. The monoisotopic (exact) mass is 497 g/mol. The summed E-state index contributed by atoms with van der Waals surface area (Å²) >= 11 is 1.69. The SMILES string of the molecule is CNc1ccc(-c2nc(N3CCOCC3)c3cc(CN4CCN(C(=O)C(C)O)CC4)sc3n2)cn1. The summed E-state index contributed by atoms with van der Waals surface area (Å²) in [5.74, 6) is 2.23. The van der Waals surface area contributed by atoms with Crippen LogP contribution in [-0.2, 0) is 16.1 Å². The highest BCUT2D eigenvalue weighted by molar-refractivity contribution is 7.18. The van der Waals surface area contributed by atoms with Crippen LogP contribution in [0.5, 0.6) is 0 Å². The second-order valence-electron chi connectivity index (χ2n) is 8.86. The average Bonchev–Trinajstić information content (AvgIpc) is 3.31. The predicted molar refractivity (Wildman–Crippen MR) is 137 cm³/mol. The quantitative estimate of drug-likeness (QED) is 0.526. The van der Waals surface area contributed by atoms with E-state index >= 15 is 0 Å². The van der Waals surface area contributed by atoms with Crippen molar-refractivity contribution in [1.29, 1.82) is 0 Å². The number of aromatic nitrogens is 3. The number of nitrogens with one attached hydrogen (secondary N) is 1. The van der Waals surface area contributed by atoms with Crippen molar-refractivity contribution in [2.45, 2.75) is 19.6 Å². The summed E-state index contributed by atoms with van der Waals surface area (Å²) in [6.07, 6.45) is 0.860. The molecular formula is C24H31N7O3S. The Hall–Kier alpha value is -2.86. The Labute approximate surface area is 208 Å². The highest BCUT2D eigenvalue weighted by Gasteiger charge is 2.25. The minimum absolute atomic E-state index is 0.193. The molecule has 10 nitrogen and oxygen atoms in total. The van der Waals surface area contributed by atoms with Crippen LogP contribution in [0, 0.1) is 0 Å². The van der Waals surface area contributed by atoms with Crippen LogP contribution < -0.4 is 10.2 Å². The van der Waals surface area contributed by atoms with E-state index in [9.17, 15) is 9.90 Å². The number of amides is 1. The Kier molecular flexibility index (Phi) is 7.09. The van der Waals surface area contributed by atoms with E-state index in [1.165, 1.54) is 11.8 Å².